The Morgan fingerprint density at radius 3 is 2.81 bits per heavy atom. The quantitative estimate of drug-likeness (QED) is 0.437. The molecule has 2 aromatic carbocycles. The van der Waals surface area contributed by atoms with Crippen LogP contribution in [0.2, 0.25) is 0 Å². The lowest BCUT2D eigenvalue weighted by Gasteiger charge is -2.21. The van der Waals surface area contributed by atoms with Crippen molar-refractivity contribution in [3.05, 3.63) is 71.4 Å². The Bertz CT molecular complexity index is 1470. The number of carboxylic acids is 1. The van der Waals surface area contributed by atoms with E-state index in [0.29, 0.717) is 42.9 Å². The third kappa shape index (κ3) is 4.60. The molecule has 1 atom stereocenters. The van der Waals surface area contributed by atoms with Crippen LogP contribution in [-0.4, -0.2) is 55.2 Å². The molecule has 11 heteroatoms. The highest BCUT2D eigenvalue weighted by molar-refractivity contribution is 7.92. The first-order valence-corrected chi connectivity index (χ1v) is 12.7. The highest BCUT2D eigenvalue weighted by Gasteiger charge is 2.30. The molecule has 188 valence electrons. The molecule has 0 radical (unpaired) electrons. The molecule has 3 N–H and O–H groups in total. The molecule has 1 saturated heterocycles. The van der Waals surface area contributed by atoms with Crippen molar-refractivity contribution in [1.29, 1.82) is 0 Å². The number of aliphatic hydroxyl groups excluding tert-OH is 1. The normalized spacial score (nSPS) is 17.6. The summed E-state index contributed by atoms with van der Waals surface area (Å²) in [6.07, 6.45) is 4.93. The number of hydrogen-bond acceptors (Lipinski definition) is 7. The van der Waals surface area contributed by atoms with Crippen molar-refractivity contribution in [2.24, 2.45) is 0 Å². The zero-order valence-electron chi connectivity index (χ0n) is 19.0. The summed E-state index contributed by atoms with van der Waals surface area (Å²) in [5, 5.41) is 19.6. The second kappa shape index (κ2) is 9.41. The molecule has 0 spiro atoms. The van der Waals surface area contributed by atoms with Crippen molar-refractivity contribution >= 4 is 27.8 Å². The van der Waals surface area contributed by atoms with E-state index in [1.807, 2.05) is 4.90 Å². The van der Waals surface area contributed by atoms with Gasteiger partial charge in [0.05, 0.1) is 22.9 Å². The van der Waals surface area contributed by atoms with E-state index in [-0.39, 0.29) is 34.1 Å². The lowest BCUT2D eigenvalue weighted by atomic mass is 9.98. The van der Waals surface area contributed by atoms with Crippen LogP contribution in [0, 0.1) is 5.82 Å². The first-order chi connectivity index (χ1) is 17.2. The fourth-order valence-corrected chi connectivity index (χ4v) is 5.73. The number of nitrogens with zero attached hydrogens (tertiary/aromatic N) is 1. The number of furan rings is 1. The summed E-state index contributed by atoms with van der Waals surface area (Å²) in [6, 6.07) is 7.85. The predicted molar refractivity (Wildman–Crippen MR) is 129 cm³/mol. The first kappa shape index (κ1) is 24.0. The molecule has 2 aliphatic rings. The van der Waals surface area contributed by atoms with Gasteiger partial charge in [-0.25, -0.2) is 17.6 Å². The van der Waals surface area contributed by atoms with Gasteiger partial charge in [-0.3, -0.25) is 9.62 Å². The second-order valence-electron chi connectivity index (χ2n) is 8.61. The fourth-order valence-electron chi connectivity index (χ4n) is 4.47. The Kier molecular flexibility index (Phi) is 6.29. The molecule has 0 amide bonds. The van der Waals surface area contributed by atoms with Gasteiger partial charge >= 0.3 is 5.97 Å². The van der Waals surface area contributed by atoms with Gasteiger partial charge in [-0.2, -0.15) is 0 Å². The summed E-state index contributed by atoms with van der Waals surface area (Å²) in [5.74, 6) is -1.42. The Morgan fingerprint density at radius 2 is 2.06 bits per heavy atom. The molecule has 1 fully saturated rings. The van der Waals surface area contributed by atoms with Gasteiger partial charge in [-0.05, 0) is 48.4 Å². The van der Waals surface area contributed by atoms with E-state index in [4.69, 9.17) is 9.15 Å². The number of sulfonamides is 1. The standard InChI is InChI=1S/C25H23FN2O7S/c26-16-3-6-22(15(12-16)2-1-9-28-10-7-17(29)13-28)36(32,33)27-20-5-4-19-18-8-11-34-21(18)14-35-24(19)23(20)25(30)31/h1-6,8,11-12,17,27,29H,7,9-10,13-14H2,(H,30,31)/t17-/m1/s1. The van der Waals surface area contributed by atoms with Crippen LogP contribution < -0.4 is 9.46 Å². The van der Waals surface area contributed by atoms with Crippen LogP contribution in [0.1, 0.15) is 28.1 Å². The van der Waals surface area contributed by atoms with Crippen LogP contribution in [0.25, 0.3) is 17.2 Å². The largest absolute Gasteiger partial charge is 0.484 e. The summed E-state index contributed by atoms with van der Waals surface area (Å²) in [6.45, 7) is 1.69. The molecule has 9 nitrogen and oxygen atoms in total. The van der Waals surface area contributed by atoms with Crippen molar-refractivity contribution in [2.45, 2.75) is 24.0 Å². The number of halogens is 1. The zero-order chi connectivity index (χ0) is 25.4. The van der Waals surface area contributed by atoms with E-state index in [9.17, 15) is 27.8 Å². The third-order valence-electron chi connectivity index (χ3n) is 6.17. The number of carbonyl (C=O) groups is 1. The van der Waals surface area contributed by atoms with Crippen LogP contribution in [0.15, 0.2) is 58.1 Å². The van der Waals surface area contributed by atoms with Crippen molar-refractivity contribution in [1.82, 2.24) is 4.90 Å². The molecule has 1 aromatic heterocycles. The molecular formula is C25H23FN2O7S. The zero-order valence-corrected chi connectivity index (χ0v) is 19.8. The SMILES string of the molecule is O=C(O)c1c(NS(=O)(=O)c2ccc(F)cc2C=CCN2CC[C@@H](O)C2)ccc2c1OCc1occc1-2. The summed E-state index contributed by atoms with van der Waals surface area (Å²) >= 11 is 0. The van der Waals surface area contributed by atoms with Gasteiger partial charge in [-0.1, -0.05) is 12.2 Å². The van der Waals surface area contributed by atoms with E-state index in [1.54, 1.807) is 18.2 Å². The van der Waals surface area contributed by atoms with Gasteiger partial charge in [0.2, 0.25) is 0 Å². The number of nitrogens with one attached hydrogen (secondary N) is 1. The fraction of sp³-hybridized carbons (Fsp3) is 0.240. The Balaban J connectivity index is 1.47. The maximum atomic E-state index is 14.0. The maximum Gasteiger partial charge on any atom is 0.341 e. The lowest BCUT2D eigenvalue weighted by Crippen LogP contribution is -2.22. The van der Waals surface area contributed by atoms with E-state index < -0.39 is 27.9 Å². The molecule has 0 aliphatic carbocycles. The first-order valence-electron chi connectivity index (χ1n) is 11.2. The van der Waals surface area contributed by atoms with Crippen molar-refractivity contribution < 1.29 is 37.0 Å². The molecule has 0 unspecified atom stereocenters. The number of carboxylic acid groups (broad SMARTS) is 1. The molecular weight excluding hydrogens is 491 g/mol. The Hall–Kier alpha value is -3.67. The van der Waals surface area contributed by atoms with Crippen LogP contribution in [-0.2, 0) is 16.6 Å². The smallest absolute Gasteiger partial charge is 0.341 e. The molecule has 36 heavy (non-hydrogen) atoms. The number of β-amino-alcohol motifs (C(OH)–C–C–N with tert-alkyl or cyclic N) is 1. The van der Waals surface area contributed by atoms with Gasteiger partial charge in [0.25, 0.3) is 10.0 Å². The number of fused-ring (bicyclic) bond motifs is 3. The second-order valence-corrected chi connectivity index (χ2v) is 10.3. The number of anilines is 1. The van der Waals surface area contributed by atoms with Crippen LogP contribution >= 0.6 is 0 Å². The molecule has 3 heterocycles. The number of aromatic carboxylic acids is 1. The van der Waals surface area contributed by atoms with Gasteiger partial charge < -0.3 is 19.4 Å². The summed E-state index contributed by atoms with van der Waals surface area (Å²) in [7, 11) is -4.31. The van der Waals surface area contributed by atoms with E-state index in [2.05, 4.69) is 4.72 Å². The third-order valence-corrected chi connectivity index (χ3v) is 7.61. The van der Waals surface area contributed by atoms with Crippen molar-refractivity contribution in [3.63, 3.8) is 0 Å². The van der Waals surface area contributed by atoms with Crippen molar-refractivity contribution in [2.75, 3.05) is 24.4 Å². The van der Waals surface area contributed by atoms with Gasteiger partial charge in [0.1, 0.15) is 29.5 Å². The Morgan fingerprint density at radius 1 is 1.22 bits per heavy atom. The highest BCUT2D eigenvalue weighted by Crippen LogP contribution is 2.43. The minimum atomic E-state index is -4.31. The number of likely N-dealkylation sites (tertiary alicyclic amines) is 1. The van der Waals surface area contributed by atoms with Crippen LogP contribution in [0.4, 0.5) is 10.1 Å². The number of aliphatic hydroxyl groups is 1. The molecule has 3 aromatic rings. The van der Waals surface area contributed by atoms with Crippen LogP contribution in [0.5, 0.6) is 5.75 Å². The summed E-state index contributed by atoms with van der Waals surface area (Å²) in [4.78, 5) is 13.9. The average Bonchev–Trinajstić information content (AvgIpc) is 3.47. The number of rotatable bonds is 7. The monoisotopic (exact) mass is 514 g/mol. The summed E-state index contributed by atoms with van der Waals surface area (Å²) < 4.78 is 54.0. The highest BCUT2D eigenvalue weighted by atomic mass is 32.2. The minimum absolute atomic E-state index is 0.00671. The van der Waals surface area contributed by atoms with E-state index in [0.717, 1.165) is 18.2 Å². The molecule has 0 saturated carbocycles. The molecule has 5 rings (SSSR count). The molecule has 2 aliphatic heterocycles. The van der Waals surface area contributed by atoms with Crippen LogP contribution in [0.3, 0.4) is 0 Å². The number of benzene rings is 2. The minimum Gasteiger partial charge on any atom is -0.484 e. The predicted octanol–water partition coefficient (Wildman–Crippen LogP) is 3.56. The number of hydrogen-bond donors (Lipinski definition) is 3. The molecule has 0 bridgehead atoms. The average molecular weight is 515 g/mol. The van der Waals surface area contributed by atoms with E-state index in [1.165, 1.54) is 18.4 Å². The van der Waals surface area contributed by atoms with E-state index >= 15 is 0 Å². The summed E-state index contributed by atoms with van der Waals surface area (Å²) in [5.41, 5.74) is 0.733. The van der Waals surface area contributed by atoms with Crippen molar-refractivity contribution in [3.8, 4) is 16.9 Å². The lowest BCUT2D eigenvalue weighted by molar-refractivity contribution is 0.0692. The van der Waals surface area contributed by atoms with Gasteiger partial charge in [0, 0.05) is 30.8 Å². The maximum absolute atomic E-state index is 14.0. The van der Waals surface area contributed by atoms with Gasteiger partial charge in [-0.15, -0.1) is 0 Å². The number of ether oxygens (including phenoxy) is 1. The topological polar surface area (TPSA) is 129 Å². The van der Waals surface area contributed by atoms with Gasteiger partial charge in [0.15, 0.2) is 0 Å². The Labute approximate surface area is 206 Å².